The Bertz CT molecular complexity index is 1450. The Morgan fingerprint density at radius 1 is 0.259 bits per heavy atom. The van der Waals surface area contributed by atoms with Crippen molar-refractivity contribution in [2.24, 2.45) is 0 Å². The lowest BCUT2D eigenvalue weighted by atomic mass is 9.77. The van der Waals surface area contributed by atoms with Crippen molar-refractivity contribution in [3.63, 3.8) is 0 Å². The maximum absolute atomic E-state index is 11.3. The minimum Gasteiger partial charge on any atom is -0.508 e. The van der Waals surface area contributed by atoms with Crippen LogP contribution in [0.25, 0.3) is 0 Å². The first kappa shape index (κ1) is 53.1. The zero-order valence-electron chi connectivity index (χ0n) is 35.4. The van der Waals surface area contributed by atoms with Gasteiger partial charge in [-0.05, 0) is 49.9 Å². The summed E-state index contributed by atoms with van der Waals surface area (Å²) in [5.41, 5.74) is 3.84. The molecule has 0 saturated heterocycles. The summed E-state index contributed by atoms with van der Waals surface area (Å²) in [6.45, 7) is 7.98. The number of phenolic OH excluding ortho intramolecular Hbond substituents is 8. The average molecular weight is 817 g/mol. The van der Waals surface area contributed by atoms with E-state index >= 15 is 0 Å². The molecule has 326 valence electrons. The van der Waals surface area contributed by atoms with Crippen molar-refractivity contribution in [1.82, 2.24) is 0 Å². The van der Waals surface area contributed by atoms with E-state index in [1.54, 1.807) is 24.3 Å². The molecule has 0 atom stereocenters. The highest BCUT2D eigenvalue weighted by atomic mass is 16.3. The number of aliphatic hydroxyl groups is 5. The van der Waals surface area contributed by atoms with Gasteiger partial charge in [-0.15, -0.1) is 0 Å². The molecule has 13 heteroatoms. The maximum Gasteiger partial charge on any atom is 0.123 e. The first-order chi connectivity index (χ1) is 27.9. The van der Waals surface area contributed by atoms with Crippen LogP contribution in [0.4, 0.5) is 0 Å². The molecular weight excluding hydrogens is 748 g/mol. The second kappa shape index (κ2) is 26.9. The SMILES string of the molecule is CCCC1c2cc(c(O)cc2O)C(CCC)c2cc(c(O)cc2O)C(CCC)c2cc(c(O)cc2O)C(CCC)c2cc1c(O)cc2O.CO.CO.CO.CO.CO. The highest BCUT2D eigenvalue weighted by Gasteiger charge is 2.32. The molecule has 58 heavy (non-hydrogen) atoms. The van der Waals surface area contributed by atoms with Crippen molar-refractivity contribution in [3.05, 3.63) is 93.0 Å². The Hall–Kier alpha value is -4.92. The Balaban J connectivity index is 0.00000301. The van der Waals surface area contributed by atoms with Crippen molar-refractivity contribution in [3.8, 4) is 46.0 Å². The summed E-state index contributed by atoms with van der Waals surface area (Å²) in [4.78, 5) is 0. The van der Waals surface area contributed by atoms with Crippen LogP contribution in [0.2, 0.25) is 0 Å². The van der Waals surface area contributed by atoms with Crippen LogP contribution in [0.3, 0.4) is 0 Å². The highest BCUT2D eigenvalue weighted by molar-refractivity contribution is 5.62. The van der Waals surface area contributed by atoms with Crippen LogP contribution in [0.1, 0.15) is 147 Å². The first-order valence-corrected chi connectivity index (χ1v) is 19.4. The van der Waals surface area contributed by atoms with Crippen LogP contribution in [-0.4, -0.2) is 102 Å². The monoisotopic (exact) mass is 816 g/mol. The Kier molecular flexibility index (Phi) is 24.6. The summed E-state index contributed by atoms with van der Waals surface area (Å²) in [6, 6.07) is 12.2. The van der Waals surface area contributed by atoms with Crippen molar-refractivity contribution in [2.75, 3.05) is 35.5 Å². The van der Waals surface area contributed by atoms with Crippen LogP contribution in [0.5, 0.6) is 46.0 Å². The predicted molar refractivity (Wildman–Crippen MR) is 227 cm³/mol. The Morgan fingerprint density at radius 3 is 0.483 bits per heavy atom. The summed E-state index contributed by atoms with van der Waals surface area (Å²) in [5, 5.41) is 125. The molecule has 13 nitrogen and oxygen atoms in total. The topological polar surface area (TPSA) is 263 Å². The molecule has 8 bridgehead atoms. The predicted octanol–water partition coefficient (Wildman–Crippen LogP) is 7.42. The molecule has 0 amide bonds. The zero-order chi connectivity index (χ0) is 44.9. The maximum atomic E-state index is 11.3. The summed E-state index contributed by atoms with van der Waals surface area (Å²) >= 11 is 0. The second-order valence-electron chi connectivity index (χ2n) is 13.2. The van der Waals surface area contributed by atoms with Crippen molar-refractivity contribution in [2.45, 2.75) is 103 Å². The summed E-state index contributed by atoms with van der Waals surface area (Å²) in [7, 11) is 5.00. The highest BCUT2D eigenvalue weighted by Crippen LogP contribution is 2.52. The molecule has 0 heterocycles. The van der Waals surface area contributed by atoms with Crippen LogP contribution >= 0.6 is 0 Å². The largest absolute Gasteiger partial charge is 0.508 e. The van der Waals surface area contributed by atoms with Gasteiger partial charge >= 0.3 is 0 Å². The van der Waals surface area contributed by atoms with Crippen molar-refractivity contribution < 1.29 is 66.4 Å². The molecule has 0 radical (unpaired) electrons. The normalized spacial score (nSPS) is 16.2. The number of aliphatic hydroxyl groups excluding tert-OH is 5. The van der Waals surface area contributed by atoms with Crippen LogP contribution in [0.15, 0.2) is 48.5 Å². The molecule has 4 aromatic carbocycles. The van der Waals surface area contributed by atoms with E-state index in [0.29, 0.717) is 95.9 Å². The molecule has 0 spiro atoms. The van der Waals surface area contributed by atoms with Gasteiger partial charge in [0, 0.05) is 128 Å². The number of hydrogen-bond donors (Lipinski definition) is 13. The van der Waals surface area contributed by atoms with Gasteiger partial charge in [0.25, 0.3) is 0 Å². The lowest BCUT2D eigenvalue weighted by molar-refractivity contribution is 0.399. The Labute approximate surface area is 343 Å². The number of fused-ring (bicyclic) bond motifs is 8. The van der Waals surface area contributed by atoms with Gasteiger partial charge in [-0.25, -0.2) is 0 Å². The quantitative estimate of drug-likeness (QED) is 0.0827. The van der Waals surface area contributed by atoms with Crippen LogP contribution < -0.4 is 0 Å². The van der Waals surface area contributed by atoms with E-state index in [-0.39, 0.29) is 46.0 Å². The van der Waals surface area contributed by atoms with E-state index in [0.717, 1.165) is 35.5 Å². The number of phenols is 8. The third-order valence-corrected chi connectivity index (χ3v) is 10.0. The van der Waals surface area contributed by atoms with E-state index < -0.39 is 23.7 Å². The van der Waals surface area contributed by atoms with Crippen molar-refractivity contribution >= 4 is 0 Å². The average Bonchev–Trinajstić information content (AvgIpc) is 3.22. The molecule has 13 N–H and O–H groups in total. The molecule has 0 aliphatic heterocycles. The molecule has 4 aromatic rings. The fourth-order valence-electron chi connectivity index (χ4n) is 7.75. The van der Waals surface area contributed by atoms with Gasteiger partial charge in [0.05, 0.1) is 0 Å². The molecular formula is C45H68O13. The molecule has 1 aliphatic carbocycles. The standard InChI is InChI=1S/C40H48O8.5CH4O/c1-5-9-21-25-13-27(35(43)17-33(25)41)22(10-6-2)29-15-31(39(47)19-37(29)45)24(12-8-4)32-16-30(38(46)20-40(32)48)23(11-7-3)28-14-26(21)34(42)18-36(28)44;5*1-2/h13-24,41-48H,5-12H2,1-4H3;5*2H,1H3. The molecule has 5 rings (SSSR count). The first-order valence-electron chi connectivity index (χ1n) is 19.4. The summed E-state index contributed by atoms with van der Waals surface area (Å²) in [6.07, 6.45) is 4.85. The number of aromatic hydroxyl groups is 8. The van der Waals surface area contributed by atoms with E-state index in [2.05, 4.69) is 0 Å². The number of hydrogen-bond acceptors (Lipinski definition) is 13. The third kappa shape index (κ3) is 12.1. The number of rotatable bonds is 8. The molecule has 0 unspecified atom stereocenters. The van der Waals surface area contributed by atoms with Gasteiger partial charge in [-0.2, -0.15) is 0 Å². The fraction of sp³-hybridized carbons (Fsp3) is 0.467. The van der Waals surface area contributed by atoms with E-state index in [1.165, 1.54) is 24.3 Å². The van der Waals surface area contributed by atoms with Crippen LogP contribution in [-0.2, 0) is 0 Å². The third-order valence-electron chi connectivity index (χ3n) is 10.0. The molecule has 0 aromatic heterocycles. The number of benzene rings is 4. The summed E-state index contributed by atoms with van der Waals surface area (Å²) in [5.74, 6) is -3.32. The van der Waals surface area contributed by atoms with Crippen molar-refractivity contribution in [1.29, 1.82) is 0 Å². The lowest BCUT2D eigenvalue weighted by Crippen LogP contribution is -2.11. The molecule has 1 aliphatic rings. The lowest BCUT2D eigenvalue weighted by Gasteiger charge is -2.29. The molecule has 0 fully saturated rings. The van der Waals surface area contributed by atoms with Gasteiger partial charge in [0.1, 0.15) is 46.0 Å². The Morgan fingerprint density at radius 2 is 0.379 bits per heavy atom. The van der Waals surface area contributed by atoms with Gasteiger partial charge < -0.3 is 66.4 Å². The van der Waals surface area contributed by atoms with Gasteiger partial charge in [-0.1, -0.05) is 53.4 Å². The molecule has 0 saturated carbocycles. The van der Waals surface area contributed by atoms with Gasteiger partial charge in [0.2, 0.25) is 0 Å². The van der Waals surface area contributed by atoms with Crippen LogP contribution in [0, 0.1) is 0 Å². The minimum absolute atomic E-state index is 0.148. The fourth-order valence-corrected chi connectivity index (χ4v) is 7.75. The summed E-state index contributed by atoms with van der Waals surface area (Å²) < 4.78 is 0. The second-order valence-corrected chi connectivity index (χ2v) is 13.2. The van der Waals surface area contributed by atoms with E-state index in [1.807, 2.05) is 27.7 Å². The minimum atomic E-state index is -0.534. The van der Waals surface area contributed by atoms with E-state index in [9.17, 15) is 40.9 Å². The van der Waals surface area contributed by atoms with E-state index in [4.69, 9.17) is 25.5 Å². The van der Waals surface area contributed by atoms with Gasteiger partial charge in [-0.3, -0.25) is 0 Å². The van der Waals surface area contributed by atoms with Gasteiger partial charge in [0.15, 0.2) is 0 Å². The zero-order valence-corrected chi connectivity index (χ0v) is 35.4. The smallest absolute Gasteiger partial charge is 0.123 e.